The summed E-state index contributed by atoms with van der Waals surface area (Å²) in [6.45, 7) is 1.97. The summed E-state index contributed by atoms with van der Waals surface area (Å²) in [5.41, 5.74) is 2.98. The van der Waals surface area contributed by atoms with Crippen molar-refractivity contribution in [2.75, 3.05) is 0 Å². The summed E-state index contributed by atoms with van der Waals surface area (Å²) in [4.78, 5) is 0. The maximum Gasteiger partial charge on any atom is 0.216 e. The molecule has 6 rings (SSSR count). The van der Waals surface area contributed by atoms with Gasteiger partial charge in [-0.2, -0.15) is 0 Å². The molecule has 176 valence electrons. The molecule has 0 aliphatic heterocycles. The molecule has 0 aliphatic rings. The van der Waals surface area contributed by atoms with Crippen LogP contribution in [0, 0.1) is 26.0 Å². The minimum atomic E-state index is -2.56. The zero-order chi connectivity index (χ0) is 31.4. The molecule has 3 heteroatoms. The summed E-state index contributed by atoms with van der Waals surface area (Å²) in [5, 5.41) is 2.75. The van der Waals surface area contributed by atoms with Crippen LogP contribution >= 0.6 is 0 Å². The number of aromatic nitrogens is 1. The van der Waals surface area contributed by atoms with Crippen LogP contribution in [0.4, 0.5) is 0 Å². The molecule has 0 fully saturated rings. The summed E-state index contributed by atoms with van der Waals surface area (Å²) in [6, 6.07) is 14.5. The Kier molecular flexibility index (Phi) is 3.14. The Hall–Kier alpha value is -3.59. The normalized spacial score (nSPS) is 17.1. The quantitative estimate of drug-likeness (QED) is 0.237. The number of pyridine rings is 1. The Morgan fingerprint density at radius 1 is 0.857 bits per heavy atom. The number of furan rings is 2. The van der Waals surface area contributed by atoms with E-state index in [1.165, 1.54) is 6.20 Å². The van der Waals surface area contributed by atoms with Crippen molar-refractivity contribution in [3.8, 4) is 11.3 Å². The highest BCUT2D eigenvalue weighted by molar-refractivity contribution is 6.17. The highest BCUT2D eigenvalue weighted by atomic mass is 16.3. The van der Waals surface area contributed by atoms with Crippen molar-refractivity contribution in [3.63, 3.8) is 0 Å². The van der Waals surface area contributed by atoms with Gasteiger partial charge < -0.3 is 8.83 Å². The van der Waals surface area contributed by atoms with Gasteiger partial charge in [-0.1, -0.05) is 45.0 Å². The Bertz CT molecular complexity index is 2090. The van der Waals surface area contributed by atoms with E-state index in [-0.39, 0.29) is 16.7 Å². The van der Waals surface area contributed by atoms with Gasteiger partial charge in [-0.25, -0.2) is 4.57 Å². The van der Waals surface area contributed by atoms with Crippen molar-refractivity contribution in [1.29, 1.82) is 0 Å². The largest absolute Gasteiger partial charge is 0.456 e. The monoisotopic (exact) mass is 470 g/mol. The lowest BCUT2D eigenvalue weighted by Gasteiger charge is -2.19. The number of para-hydroxylation sites is 1. The van der Waals surface area contributed by atoms with Crippen molar-refractivity contribution in [2.24, 2.45) is 12.5 Å². The minimum absolute atomic E-state index is 0.0562. The molecule has 0 radical (unpaired) electrons. The van der Waals surface area contributed by atoms with Gasteiger partial charge in [-0.05, 0) is 67.3 Å². The third-order valence-electron chi connectivity index (χ3n) is 6.48. The van der Waals surface area contributed by atoms with Crippen molar-refractivity contribution >= 4 is 43.9 Å². The summed E-state index contributed by atoms with van der Waals surface area (Å²) in [6.07, 6.45) is -0.559. The Balaban J connectivity index is 1.75. The number of benzene rings is 3. The average molecular weight is 471 g/mol. The third-order valence-corrected chi connectivity index (χ3v) is 6.48. The van der Waals surface area contributed by atoms with Gasteiger partial charge in [0.25, 0.3) is 0 Å². The van der Waals surface area contributed by atoms with E-state index in [1.54, 1.807) is 51.4 Å². The second-order valence-electron chi connectivity index (χ2n) is 10.3. The lowest BCUT2D eigenvalue weighted by atomic mass is 9.86. The Morgan fingerprint density at radius 3 is 2.37 bits per heavy atom. The maximum absolute atomic E-state index is 9.02. The third kappa shape index (κ3) is 3.44. The minimum Gasteiger partial charge on any atom is -0.456 e. The highest BCUT2D eigenvalue weighted by Crippen LogP contribution is 2.42. The first-order valence-corrected chi connectivity index (χ1v) is 11.7. The molecule has 0 N–H and O–H groups in total. The van der Waals surface area contributed by atoms with Gasteiger partial charge in [-0.15, -0.1) is 0 Å². The molecule has 0 amide bonds. The van der Waals surface area contributed by atoms with Crippen LogP contribution in [0.25, 0.3) is 55.1 Å². The first-order valence-electron chi connectivity index (χ1n) is 15.7. The molecular formula is C32H32NO2+. The Morgan fingerprint density at radius 2 is 1.60 bits per heavy atom. The molecule has 0 unspecified atom stereocenters. The molecule has 0 aliphatic carbocycles. The molecule has 0 atom stereocenters. The molecule has 3 aromatic heterocycles. The SMILES string of the molecule is [2H]C([2H])([2H])c1c[n+](C)c(-c2c(C)cc(C([2H])([2H])[2H])c3c2oc2cc4c(cc23)oc2ccccc24)cc1C([2H])([2H])C(C)(C)C. The van der Waals surface area contributed by atoms with E-state index < -0.39 is 25.5 Å². The van der Waals surface area contributed by atoms with E-state index in [0.717, 1.165) is 10.8 Å². The van der Waals surface area contributed by atoms with Gasteiger partial charge >= 0.3 is 0 Å². The van der Waals surface area contributed by atoms with E-state index in [4.69, 9.17) is 19.8 Å². The predicted octanol–water partition coefficient (Wildman–Crippen LogP) is 8.49. The first kappa shape index (κ1) is 14.7. The second-order valence-corrected chi connectivity index (χ2v) is 10.3. The molecule has 0 spiro atoms. The molecule has 6 aromatic rings. The zero-order valence-corrected chi connectivity index (χ0v) is 20.5. The van der Waals surface area contributed by atoms with Crippen molar-refractivity contribution in [3.05, 3.63) is 77.0 Å². The van der Waals surface area contributed by atoms with E-state index in [2.05, 4.69) is 0 Å². The molecule has 0 bridgehead atoms. The predicted molar refractivity (Wildman–Crippen MR) is 145 cm³/mol. The summed E-state index contributed by atoms with van der Waals surface area (Å²) in [7, 11) is 1.70. The molecule has 3 heterocycles. The maximum atomic E-state index is 9.02. The van der Waals surface area contributed by atoms with Crippen LogP contribution in [0.1, 0.15) is 54.0 Å². The average Bonchev–Trinajstić information content (AvgIpc) is 3.42. The van der Waals surface area contributed by atoms with Crippen LogP contribution in [-0.4, -0.2) is 0 Å². The van der Waals surface area contributed by atoms with Crippen LogP contribution in [0.3, 0.4) is 0 Å². The van der Waals surface area contributed by atoms with Gasteiger partial charge in [0, 0.05) is 44.1 Å². The summed E-state index contributed by atoms with van der Waals surface area (Å²) in [5.74, 6) is 0. The van der Waals surface area contributed by atoms with Crippen molar-refractivity contribution in [1.82, 2.24) is 0 Å². The lowest BCUT2D eigenvalue weighted by Crippen LogP contribution is -2.32. The lowest BCUT2D eigenvalue weighted by molar-refractivity contribution is -0.660. The number of rotatable bonds is 2. The zero-order valence-electron chi connectivity index (χ0n) is 28.5. The topological polar surface area (TPSA) is 30.2 Å². The number of hydrogen-bond acceptors (Lipinski definition) is 2. The number of aryl methyl sites for hydroxylation is 4. The first-order chi connectivity index (χ1) is 19.8. The van der Waals surface area contributed by atoms with Gasteiger partial charge in [0.2, 0.25) is 5.69 Å². The van der Waals surface area contributed by atoms with Crippen molar-refractivity contribution in [2.45, 2.75) is 47.8 Å². The second kappa shape index (κ2) is 7.45. The molecule has 3 aromatic carbocycles. The molecule has 3 nitrogen and oxygen atoms in total. The smallest absolute Gasteiger partial charge is 0.216 e. The Labute approximate surface area is 217 Å². The highest BCUT2D eigenvalue weighted by Gasteiger charge is 2.25. The van der Waals surface area contributed by atoms with E-state index in [1.807, 2.05) is 36.4 Å². The van der Waals surface area contributed by atoms with E-state index in [9.17, 15) is 0 Å². The molecular weight excluding hydrogens is 430 g/mol. The summed E-state index contributed by atoms with van der Waals surface area (Å²) >= 11 is 0. The van der Waals surface area contributed by atoms with Crippen LogP contribution in [0.5, 0.6) is 0 Å². The number of fused-ring (bicyclic) bond motifs is 6. The van der Waals surface area contributed by atoms with Gasteiger partial charge in [0.15, 0.2) is 6.20 Å². The van der Waals surface area contributed by atoms with Crippen LogP contribution in [-0.2, 0) is 13.4 Å². The van der Waals surface area contributed by atoms with Crippen LogP contribution in [0.15, 0.2) is 63.6 Å². The number of nitrogens with zero attached hydrogens (tertiary/aromatic N) is 1. The standard InChI is InChI=1S/C32H32NO2/c1-18-12-19(2)30(25-13-21(16-32(4,5)6)20(3)17-33(25)7)31-29(18)24-15-27-23(14-28(24)35-31)22-10-8-9-11-26(22)34-27/h8-15,17H,16H2,1-7H3/q+1/i1D3,3D3,16D2. The van der Waals surface area contributed by atoms with Gasteiger partial charge in [0.05, 0.1) is 5.56 Å². The summed E-state index contributed by atoms with van der Waals surface area (Å²) < 4.78 is 82.0. The van der Waals surface area contributed by atoms with Crippen LogP contribution in [0.2, 0.25) is 0 Å². The van der Waals surface area contributed by atoms with Crippen LogP contribution < -0.4 is 4.57 Å². The fourth-order valence-corrected chi connectivity index (χ4v) is 5.02. The van der Waals surface area contributed by atoms with Crippen molar-refractivity contribution < 1.29 is 24.4 Å². The molecule has 35 heavy (non-hydrogen) atoms. The van der Waals surface area contributed by atoms with Gasteiger partial charge in [-0.3, -0.25) is 0 Å². The van der Waals surface area contributed by atoms with E-state index in [0.29, 0.717) is 49.9 Å². The fourth-order valence-electron chi connectivity index (χ4n) is 5.02. The molecule has 0 saturated heterocycles. The number of hydrogen-bond donors (Lipinski definition) is 0. The molecule has 0 saturated carbocycles. The fraction of sp³-hybridized carbons (Fsp3) is 0.281. The van der Waals surface area contributed by atoms with Gasteiger partial charge in [0.1, 0.15) is 29.4 Å². The van der Waals surface area contributed by atoms with E-state index >= 15 is 0 Å².